The van der Waals surface area contributed by atoms with Crippen LogP contribution in [0.1, 0.15) is 27.2 Å². The molecule has 0 fully saturated rings. The summed E-state index contributed by atoms with van der Waals surface area (Å²) in [7, 11) is 0. The van der Waals surface area contributed by atoms with Gasteiger partial charge in [-0.05, 0) is 21.3 Å². The fourth-order valence-electron chi connectivity index (χ4n) is 1.87. The summed E-state index contributed by atoms with van der Waals surface area (Å²) in [6.45, 7) is 7.10. The third kappa shape index (κ3) is 4.11. The molecule has 0 spiro atoms. The van der Waals surface area contributed by atoms with Crippen molar-refractivity contribution in [2.24, 2.45) is 11.1 Å². The number of amides is 1. The molecule has 1 amide bonds. The van der Waals surface area contributed by atoms with Crippen LogP contribution < -0.4 is 20.5 Å². The molecular weight excluding hydrogens is 336 g/mol. The molecule has 1 heterocycles. The van der Waals surface area contributed by atoms with Crippen molar-refractivity contribution in [1.29, 1.82) is 0 Å². The maximum absolute atomic E-state index is 12.1. The molecular formula is C15H21BrN2O3. The minimum atomic E-state index is -0.200. The van der Waals surface area contributed by atoms with Crippen molar-refractivity contribution in [3.8, 4) is 11.5 Å². The predicted molar refractivity (Wildman–Crippen MR) is 85.8 cm³/mol. The maximum atomic E-state index is 12.1. The topological polar surface area (TPSA) is 73.6 Å². The van der Waals surface area contributed by atoms with Crippen LogP contribution in [0.3, 0.4) is 0 Å². The minimum Gasteiger partial charge on any atom is -0.486 e. The number of halogens is 1. The molecule has 116 valence electrons. The van der Waals surface area contributed by atoms with E-state index >= 15 is 0 Å². The summed E-state index contributed by atoms with van der Waals surface area (Å²) in [5.41, 5.74) is 6.58. The molecule has 21 heavy (non-hydrogen) atoms. The van der Waals surface area contributed by atoms with Crippen molar-refractivity contribution < 1.29 is 14.3 Å². The van der Waals surface area contributed by atoms with Gasteiger partial charge in [0.15, 0.2) is 11.5 Å². The number of anilines is 1. The first-order valence-electron chi connectivity index (χ1n) is 6.92. The monoisotopic (exact) mass is 356 g/mol. The highest BCUT2D eigenvalue weighted by Gasteiger charge is 2.24. The van der Waals surface area contributed by atoms with Crippen LogP contribution in [0.25, 0.3) is 0 Å². The normalized spacial score (nSPS) is 15.5. The summed E-state index contributed by atoms with van der Waals surface area (Å²) >= 11 is 3.43. The molecule has 0 bridgehead atoms. The Hall–Kier alpha value is -1.27. The summed E-state index contributed by atoms with van der Waals surface area (Å²) in [5, 5.41) is 2.86. The number of fused-ring (bicyclic) bond motifs is 1. The van der Waals surface area contributed by atoms with Crippen molar-refractivity contribution in [3.05, 3.63) is 16.6 Å². The third-order valence-electron chi connectivity index (χ3n) is 3.42. The Morgan fingerprint density at radius 3 is 2.48 bits per heavy atom. The molecule has 1 aromatic rings. The first-order chi connectivity index (χ1) is 9.77. The van der Waals surface area contributed by atoms with E-state index in [-0.39, 0.29) is 23.8 Å². The molecule has 6 heteroatoms. The molecule has 0 saturated heterocycles. The Morgan fingerprint density at radius 1 is 1.33 bits per heavy atom. The number of hydrogen-bond donors (Lipinski definition) is 2. The van der Waals surface area contributed by atoms with E-state index in [1.165, 1.54) is 0 Å². The van der Waals surface area contributed by atoms with Gasteiger partial charge in [-0.3, -0.25) is 4.79 Å². The molecule has 1 aliphatic heterocycles. The smallest absolute Gasteiger partial charge is 0.225 e. The van der Waals surface area contributed by atoms with Crippen LogP contribution in [0.15, 0.2) is 16.6 Å². The Bertz CT molecular complexity index is 540. The van der Waals surface area contributed by atoms with Gasteiger partial charge in [0.2, 0.25) is 5.91 Å². The summed E-state index contributed by atoms with van der Waals surface area (Å²) in [4.78, 5) is 12.1. The minimum absolute atomic E-state index is 0.110. The first-order valence-corrected chi connectivity index (χ1v) is 7.71. The van der Waals surface area contributed by atoms with Gasteiger partial charge in [-0.15, -0.1) is 0 Å². The zero-order chi connectivity index (χ0) is 15.6. The number of benzene rings is 1. The molecule has 0 aromatic heterocycles. The molecule has 1 aromatic carbocycles. The SMILES string of the molecule is CC(C)(C)C(N)CC(=O)Nc1cc2c(cc1Br)OCCO2. The molecule has 5 nitrogen and oxygen atoms in total. The van der Waals surface area contributed by atoms with Crippen LogP contribution in [0.2, 0.25) is 0 Å². The van der Waals surface area contributed by atoms with E-state index in [4.69, 9.17) is 15.2 Å². The highest BCUT2D eigenvalue weighted by molar-refractivity contribution is 9.10. The molecule has 0 radical (unpaired) electrons. The van der Waals surface area contributed by atoms with Gasteiger partial charge >= 0.3 is 0 Å². The standard InChI is InChI=1S/C15H21BrN2O3/c1-15(2,3)13(17)8-14(19)18-10-7-12-11(6-9(10)16)20-4-5-21-12/h6-7,13H,4-5,8,17H2,1-3H3,(H,18,19). The van der Waals surface area contributed by atoms with Gasteiger partial charge < -0.3 is 20.5 Å². The second-order valence-corrected chi connectivity index (χ2v) is 7.05. The fourth-order valence-corrected chi connectivity index (χ4v) is 2.29. The van der Waals surface area contributed by atoms with Gasteiger partial charge in [0, 0.05) is 29.1 Å². The lowest BCUT2D eigenvalue weighted by Crippen LogP contribution is -2.38. The number of carbonyl (C=O) groups excluding carboxylic acids is 1. The fraction of sp³-hybridized carbons (Fsp3) is 0.533. The molecule has 0 saturated carbocycles. The maximum Gasteiger partial charge on any atom is 0.225 e. The van der Waals surface area contributed by atoms with E-state index in [1.807, 2.05) is 20.8 Å². The van der Waals surface area contributed by atoms with Crippen LogP contribution in [-0.2, 0) is 4.79 Å². The van der Waals surface area contributed by atoms with Crippen molar-refractivity contribution in [2.75, 3.05) is 18.5 Å². The second kappa shape index (κ2) is 6.23. The highest BCUT2D eigenvalue weighted by atomic mass is 79.9. The van der Waals surface area contributed by atoms with Crippen LogP contribution in [0, 0.1) is 5.41 Å². The van der Waals surface area contributed by atoms with Crippen LogP contribution in [-0.4, -0.2) is 25.2 Å². The van der Waals surface area contributed by atoms with Crippen molar-refractivity contribution >= 4 is 27.5 Å². The van der Waals surface area contributed by atoms with E-state index in [1.54, 1.807) is 12.1 Å². The molecule has 1 atom stereocenters. The zero-order valence-corrected chi connectivity index (χ0v) is 14.1. The van der Waals surface area contributed by atoms with Crippen LogP contribution in [0.5, 0.6) is 11.5 Å². The van der Waals surface area contributed by atoms with E-state index in [9.17, 15) is 4.79 Å². The van der Waals surface area contributed by atoms with Gasteiger partial charge in [0.1, 0.15) is 13.2 Å². The largest absolute Gasteiger partial charge is 0.486 e. The van der Waals surface area contributed by atoms with Crippen LogP contribution >= 0.6 is 15.9 Å². The van der Waals surface area contributed by atoms with Gasteiger partial charge in [-0.25, -0.2) is 0 Å². The lowest BCUT2D eigenvalue weighted by Gasteiger charge is -2.26. The van der Waals surface area contributed by atoms with E-state index in [0.29, 0.717) is 30.4 Å². The van der Waals surface area contributed by atoms with Crippen LogP contribution in [0.4, 0.5) is 5.69 Å². The molecule has 0 aliphatic carbocycles. The van der Waals surface area contributed by atoms with E-state index in [0.717, 1.165) is 4.47 Å². The zero-order valence-electron chi connectivity index (χ0n) is 12.5. The predicted octanol–water partition coefficient (Wildman–Crippen LogP) is 2.92. The Balaban J connectivity index is 2.07. The number of carbonyl (C=O) groups is 1. The van der Waals surface area contributed by atoms with Crippen molar-refractivity contribution in [2.45, 2.75) is 33.2 Å². The highest BCUT2D eigenvalue weighted by Crippen LogP contribution is 2.38. The van der Waals surface area contributed by atoms with E-state index < -0.39 is 0 Å². The Morgan fingerprint density at radius 2 is 1.90 bits per heavy atom. The number of nitrogens with one attached hydrogen (secondary N) is 1. The summed E-state index contributed by atoms with van der Waals surface area (Å²) < 4.78 is 11.8. The summed E-state index contributed by atoms with van der Waals surface area (Å²) in [5.74, 6) is 1.20. The molecule has 3 N–H and O–H groups in total. The van der Waals surface area contributed by atoms with Gasteiger partial charge in [-0.1, -0.05) is 20.8 Å². The number of ether oxygens (including phenoxy) is 2. The van der Waals surface area contributed by atoms with E-state index in [2.05, 4.69) is 21.2 Å². The third-order valence-corrected chi connectivity index (χ3v) is 4.08. The number of rotatable bonds is 3. The number of nitrogens with two attached hydrogens (primary N) is 1. The van der Waals surface area contributed by atoms with Crippen molar-refractivity contribution in [3.63, 3.8) is 0 Å². The lowest BCUT2D eigenvalue weighted by molar-refractivity contribution is -0.117. The molecule has 2 rings (SSSR count). The Labute approximate surface area is 133 Å². The first kappa shape index (κ1) is 16.1. The van der Waals surface area contributed by atoms with Gasteiger partial charge in [0.25, 0.3) is 0 Å². The molecule has 1 aliphatic rings. The average Bonchev–Trinajstić information content (AvgIpc) is 2.38. The molecule has 1 unspecified atom stereocenters. The van der Waals surface area contributed by atoms with Gasteiger partial charge in [-0.2, -0.15) is 0 Å². The lowest BCUT2D eigenvalue weighted by atomic mass is 9.85. The summed E-state index contributed by atoms with van der Waals surface area (Å²) in [6.07, 6.45) is 0.268. The second-order valence-electron chi connectivity index (χ2n) is 6.20. The Kier molecular flexibility index (Phi) is 4.78. The van der Waals surface area contributed by atoms with Gasteiger partial charge in [0.05, 0.1) is 5.69 Å². The average molecular weight is 357 g/mol. The number of hydrogen-bond acceptors (Lipinski definition) is 4. The quantitative estimate of drug-likeness (QED) is 0.872. The van der Waals surface area contributed by atoms with Crippen molar-refractivity contribution in [1.82, 2.24) is 0 Å². The summed E-state index contributed by atoms with van der Waals surface area (Å²) in [6, 6.07) is 3.36.